The number of alkyl halides is 16. The Hall–Kier alpha value is -0.430. The topological polar surface area (TPSA) is 40.5 Å². The second-order valence-electron chi connectivity index (χ2n) is 5.14. The van der Waals surface area contributed by atoms with E-state index in [0.29, 0.717) is 0 Å². The minimum absolute atomic E-state index is 0. The van der Waals surface area contributed by atoms with Crippen LogP contribution >= 0.6 is 0 Å². The molecular formula is C9H3CaF16NO2. The number of likely N-dealkylation sites (tertiary alicyclic amines) is 1. The average Bonchev–Trinajstić information content (AvgIpc) is 2.41. The number of hydrogen-bond donors (Lipinski definition) is 1. The number of carboxylic acid groups (broad SMARTS) is 1. The van der Waals surface area contributed by atoms with E-state index in [4.69, 9.17) is 5.11 Å². The quantitative estimate of drug-likeness (QED) is 0.366. The number of carbonyl (C=O) groups is 1. The molecule has 170 valence electrons. The van der Waals surface area contributed by atoms with Gasteiger partial charge in [0.15, 0.2) is 0 Å². The Bertz CT molecular complexity index is 644. The molecule has 20 heteroatoms. The number of halogens is 16. The van der Waals surface area contributed by atoms with Crippen LogP contribution in [0.4, 0.5) is 70.2 Å². The van der Waals surface area contributed by atoms with Gasteiger partial charge in [-0.2, -0.15) is 65.9 Å². The standard InChI is InChI=1S/C9HF16NO2.Ca.2H/c10-2(1(27)28,6(17,18)19)7(20,21)26-8(22,23)4(13,14)3(11,12)5(15,16)9(26,24)25;;;/h(H,27,28);;;. The summed E-state index contributed by atoms with van der Waals surface area (Å²) in [6.07, 6.45) is -7.67. The first-order valence-corrected chi connectivity index (χ1v) is 5.87. The van der Waals surface area contributed by atoms with Gasteiger partial charge < -0.3 is 5.11 Å². The Morgan fingerprint density at radius 3 is 1.14 bits per heavy atom. The second kappa shape index (κ2) is 6.78. The Kier molecular flexibility index (Phi) is 6.68. The van der Waals surface area contributed by atoms with Crippen LogP contribution in [0.3, 0.4) is 0 Å². The molecule has 1 heterocycles. The number of aliphatic carboxylic acids is 1. The molecule has 1 fully saturated rings. The predicted octanol–water partition coefficient (Wildman–Crippen LogP) is 3.43. The van der Waals surface area contributed by atoms with Crippen molar-refractivity contribution in [3.8, 4) is 0 Å². The van der Waals surface area contributed by atoms with E-state index in [0.717, 1.165) is 0 Å². The number of rotatable bonds is 3. The third-order valence-corrected chi connectivity index (χ3v) is 3.49. The van der Waals surface area contributed by atoms with Crippen LogP contribution in [-0.4, -0.2) is 101 Å². The summed E-state index contributed by atoms with van der Waals surface area (Å²) in [7, 11) is 0. The normalized spacial score (nSPS) is 27.4. The molecule has 0 aromatic heterocycles. The second-order valence-corrected chi connectivity index (χ2v) is 5.14. The van der Waals surface area contributed by atoms with Crippen LogP contribution in [-0.2, 0) is 4.79 Å². The van der Waals surface area contributed by atoms with Crippen molar-refractivity contribution in [3.63, 3.8) is 0 Å². The third-order valence-electron chi connectivity index (χ3n) is 3.49. The van der Waals surface area contributed by atoms with Crippen LogP contribution in [0, 0.1) is 0 Å². The first kappa shape index (κ1) is 28.6. The summed E-state index contributed by atoms with van der Waals surface area (Å²) in [4.78, 5) is 5.71. The van der Waals surface area contributed by atoms with E-state index in [1.54, 1.807) is 0 Å². The van der Waals surface area contributed by atoms with Gasteiger partial charge in [-0.25, -0.2) is 9.18 Å². The molecule has 1 unspecified atom stereocenters. The van der Waals surface area contributed by atoms with E-state index in [2.05, 4.69) is 0 Å². The molecule has 0 aromatic carbocycles. The monoisotopic (exact) mass is 501 g/mol. The zero-order chi connectivity index (χ0) is 23.2. The first-order valence-electron chi connectivity index (χ1n) is 5.87. The van der Waals surface area contributed by atoms with E-state index in [1.165, 1.54) is 0 Å². The van der Waals surface area contributed by atoms with E-state index < -0.39 is 58.6 Å². The van der Waals surface area contributed by atoms with Gasteiger partial charge in [0.05, 0.1) is 0 Å². The molecule has 1 aliphatic rings. The number of piperidine rings is 1. The van der Waals surface area contributed by atoms with E-state index >= 15 is 0 Å². The fourth-order valence-corrected chi connectivity index (χ4v) is 1.96. The Labute approximate surface area is 176 Å². The van der Waals surface area contributed by atoms with Crippen LogP contribution in [0.15, 0.2) is 0 Å². The Balaban J connectivity index is 0.00000784. The maximum atomic E-state index is 13.6. The number of hydrogen-bond acceptors (Lipinski definition) is 2. The van der Waals surface area contributed by atoms with Crippen molar-refractivity contribution in [3.05, 3.63) is 0 Å². The molecule has 0 bridgehead atoms. The van der Waals surface area contributed by atoms with Gasteiger partial charge in [-0.3, -0.25) is 0 Å². The molecule has 0 aliphatic carbocycles. The zero-order valence-corrected chi connectivity index (χ0v) is 11.9. The molecule has 1 atom stereocenters. The molecule has 1 rings (SSSR count). The van der Waals surface area contributed by atoms with Crippen LogP contribution in [0.1, 0.15) is 0 Å². The Morgan fingerprint density at radius 1 is 0.655 bits per heavy atom. The van der Waals surface area contributed by atoms with Crippen LogP contribution in [0.5, 0.6) is 0 Å². The third kappa shape index (κ3) is 3.00. The van der Waals surface area contributed by atoms with Gasteiger partial charge in [0.2, 0.25) is 0 Å². The predicted molar refractivity (Wildman–Crippen MR) is 57.6 cm³/mol. The van der Waals surface area contributed by atoms with Gasteiger partial charge in [0.25, 0.3) is 0 Å². The van der Waals surface area contributed by atoms with Crippen molar-refractivity contribution >= 4 is 43.7 Å². The first-order chi connectivity index (χ1) is 11.8. The van der Waals surface area contributed by atoms with E-state index in [-0.39, 0.29) is 37.7 Å². The summed E-state index contributed by atoms with van der Waals surface area (Å²) in [6.45, 7) is 0. The van der Waals surface area contributed by atoms with E-state index in [1.807, 2.05) is 0 Å². The summed E-state index contributed by atoms with van der Waals surface area (Å²) >= 11 is 0. The zero-order valence-electron chi connectivity index (χ0n) is 11.9. The van der Waals surface area contributed by atoms with Crippen LogP contribution < -0.4 is 0 Å². The number of carboxylic acids is 1. The SMILES string of the molecule is O=C(O)C(F)(C(F)(F)F)C(F)(F)N1C(F)(F)C(F)(F)C(F)(F)C(F)(F)C1(F)F.[CaH2]. The molecule has 0 saturated carbocycles. The molecule has 0 amide bonds. The number of nitrogens with zero attached hydrogens (tertiary/aromatic N) is 1. The van der Waals surface area contributed by atoms with Crippen molar-refractivity contribution in [1.29, 1.82) is 0 Å². The van der Waals surface area contributed by atoms with Crippen molar-refractivity contribution in [2.24, 2.45) is 0 Å². The molecular weight excluding hydrogens is 498 g/mol. The van der Waals surface area contributed by atoms with Crippen molar-refractivity contribution in [2.75, 3.05) is 0 Å². The molecule has 0 radical (unpaired) electrons. The minimum atomic E-state index is -8.17. The molecule has 29 heavy (non-hydrogen) atoms. The molecule has 1 saturated heterocycles. The molecule has 1 aliphatic heterocycles. The van der Waals surface area contributed by atoms with Gasteiger partial charge in [0, 0.05) is 0 Å². The van der Waals surface area contributed by atoms with Gasteiger partial charge in [-0.1, -0.05) is 0 Å². The van der Waals surface area contributed by atoms with E-state index in [9.17, 15) is 75.0 Å². The van der Waals surface area contributed by atoms with Crippen molar-refractivity contribution in [1.82, 2.24) is 4.90 Å². The Morgan fingerprint density at radius 2 is 0.931 bits per heavy atom. The summed E-state index contributed by atoms with van der Waals surface area (Å²) < 4.78 is 209. The average molecular weight is 501 g/mol. The van der Waals surface area contributed by atoms with Gasteiger partial charge in [-0.15, -0.1) is 4.90 Å². The summed E-state index contributed by atoms with van der Waals surface area (Å²) in [5.41, 5.74) is -7.65. The molecule has 3 nitrogen and oxygen atoms in total. The summed E-state index contributed by atoms with van der Waals surface area (Å²) in [5, 5.41) is 7.92. The summed E-state index contributed by atoms with van der Waals surface area (Å²) in [6, 6.07) is -24.2. The fraction of sp³-hybridized carbons (Fsp3) is 0.889. The molecule has 1 N–H and O–H groups in total. The van der Waals surface area contributed by atoms with Gasteiger partial charge >= 0.3 is 91.5 Å². The fourth-order valence-electron chi connectivity index (χ4n) is 1.96. The van der Waals surface area contributed by atoms with Crippen molar-refractivity contribution in [2.45, 2.75) is 47.8 Å². The molecule has 0 spiro atoms. The van der Waals surface area contributed by atoms with Gasteiger partial charge in [0.1, 0.15) is 0 Å². The van der Waals surface area contributed by atoms with Crippen molar-refractivity contribution < 1.29 is 80.1 Å². The van der Waals surface area contributed by atoms with Gasteiger partial charge in [-0.05, 0) is 0 Å². The molecule has 0 aromatic rings. The summed E-state index contributed by atoms with van der Waals surface area (Å²) in [5.74, 6) is -28.4. The van der Waals surface area contributed by atoms with Crippen LogP contribution in [0.25, 0.3) is 0 Å². The maximum absolute atomic E-state index is 13.6. The van der Waals surface area contributed by atoms with Crippen LogP contribution in [0.2, 0.25) is 0 Å².